The van der Waals surface area contributed by atoms with E-state index in [1.165, 1.54) is 0 Å². The predicted molar refractivity (Wildman–Crippen MR) is 62.0 cm³/mol. The van der Waals surface area contributed by atoms with E-state index in [0.29, 0.717) is 10.0 Å². The number of pyridine rings is 1. The Morgan fingerprint density at radius 2 is 2.24 bits per heavy atom. The van der Waals surface area contributed by atoms with Crippen LogP contribution in [0, 0.1) is 6.92 Å². The minimum Gasteiger partial charge on any atom is -0.466 e. The Bertz CT molecular complexity index is 424. The molecule has 3 nitrogen and oxygen atoms in total. The van der Waals surface area contributed by atoms with E-state index in [9.17, 15) is 13.6 Å². The first-order chi connectivity index (χ1) is 7.95. The van der Waals surface area contributed by atoms with Crippen molar-refractivity contribution in [1.29, 1.82) is 0 Å². The smallest absolute Gasteiger partial charge is 0.311 e. The summed E-state index contributed by atoms with van der Waals surface area (Å²) in [5.74, 6) is -0.476. The molecule has 0 aliphatic heterocycles. The van der Waals surface area contributed by atoms with Gasteiger partial charge in [-0.05, 0) is 25.5 Å². The third-order valence-electron chi connectivity index (χ3n) is 2.14. The number of halogens is 3. The number of aromatic nitrogens is 1. The lowest BCUT2D eigenvalue weighted by molar-refractivity contribution is -0.142. The largest absolute Gasteiger partial charge is 0.466 e. The average Bonchev–Trinajstić information content (AvgIpc) is 2.23. The third-order valence-corrected chi connectivity index (χ3v) is 2.96. The lowest BCUT2D eigenvalue weighted by atomic mass is 10.1. The van der Waals surface area contributed by atoms with E-state index in [1.807, 2.05) is 0 Å². The molecule has 0 fully saturated rings. The summed E-state index contributed by atoms with van der Waals surface area (Å²) in [7, 11) is 0. The number of hydrogen-bond acceptors (Lipinski definition) is 3. The molecule has 0 N–H and O–H groups in total. The van der Waals surface area contributed by atoms with Crippen molar-refractivity contribution in [3.05, 3.63) is 27.5 Å². The molecule has 17 heavy (non-hydrogen) atoms. The van der Waals surface area contributed by atoms with E-state index in [0.717, 1.165) is 0 Å². The van der Waals surface area contributed by atoms with Crippen LogP contribution < -0.4 is 0 Å². The number of nitrogens with zero attached hydrogens (tertiary/aromatic N) is 1. The molecule has 0 atom stereocenters. The van der Waals surface area contributed by atoms with Gasteiger partial charge >= 0.3 is 5.97 Å². The molecule has 0 unspecified atom stereocenters. The molecule has 0 saturated carbocycles. The van der Waals surface area contributed by atoms with Crippen LogP contribution >= 0.6 is 15.9 Å². The Morgan fingerprint density at radius 1 is 1.59 bits per heavy atom. The van der Waals surface area contributed by atoms with Crippen molar-refractivity contribution in [1.82, 2.24) is 4.98 Å². The fourth-order valence-electron chi connectivity index (χ4n) is 1.31. The van der Waals surface area contributed by atoms with Crippen molar-refractivity contribution in [2.24, 2.45) is 0 Å². The summed E-state index contributed by atoms with van der Waals surface area (Å²) in [6, 6.07) is 1.55. The molecule has 0 aliphatic rings. The number of carbonyl (C=O) groups is 1. The molecule has 0 amide bonds. The summed E-state index contributed by atoms with van der Waals surface area (Å²) < 4.78 is 30.6. The second-order valence-electron chi connectivity index (χ2n) is 3.39. The fourth-order valence-corrected chi connectivity index (χ4v) is 1.78. The minimum atomic E-state index is -2.66. The zero-order valence-corrected chi connectivity index (χ0v) is 11.1. The highest BCUT2D eigenvalue weighted by atomic mass is 79.9. The number of ether oxygens (including phenoxy) is 1. The molecule has 0 saturated heterocycles. The van der Waals surface area contributed by atoms with Gasteiger partial charge in [0, 0.05) is 4.47 Å². The van der Waals surface area contributed by atoms with Gasteiger partial charge in [-0.3, -0.25) is 9.78 Å². The molecule has 0 spiro atoms. The summed E-state index contributed by atoms with van der Waals surface area (Å²) in [6.07, 6.45) is -2.76. The van der Waals surface area contributed by atoms with E-state index in [4.69, 9.17) is 4.74 Å². The first-order valence-corrected chi connectivity index (χ1v) is 5.84. The summed E-state index contributed by atoms with van der Waals surface area (Å²) in [6.45, 7) is 3.49. The van der Waals surface area contributed by atoms with Crippen LogP contribution in [0.15, 0.2) is 10.5 Å². The number of alkyl halides is 2. The van der Waals surface area contributed by atoms with Crippen molar-refractivity contribution < 1.29 is 18.3 Å². The van der Waals surface area contributed by atoms with Crippen molar-refractivity contribution in [3.63, 3.8) is 0 Å². The first kappa shape index (κ1) is 14.0. The highest BCUT2D eigenvalue weighted by Gasteiger charge is 2.17. The van der Waals surface area contributed by atoms with Gasteiger partial charge in [-0.25, -0.2) is 8.78 Å². The maximum absolute atomic E-state index is 12.7. The van der Waals surface area contributed by atoms with Crippen molar-refractivity contribution in [2.75, 3.05) is 6.61 Å². The van der Waals surface area contributed by atoms with Gasteiger partial charge < -0.3 is 4.74 Å². The van der Waals surface area contributed by atoms with Gasteiger partial charge in [0.15, 0.2) is 0 Å². The molecule has 0 bridgehead atoms. The number of rotatable bonds is 4. The number of esters is 1. The summed E-state index contributed by atoms with van der Waals surface area (Å²) in [4.78, 5) is 15.0. The summed E-state index contributed by atoms with van der Waals surface area (Å²) in [5, 5.41) is 0. The highest BCUT2D eigenvalue weighted by Crippen LogP contribution is 2.27. The van der Waals surface area contributed by atoms with E-state index in [-0.39, 0.29) is 24.4 Å². The minimum absolute atomic E-state index is 0.105. The molecular formula is C11H12BrF2NO2. The lowest BCUT2D eigenvalue weighted by Crippen LogP contribution is -2.10. The lowest BCUT2D eigenvalue weighted by Gasteiger charge is -2.09. The van der Waals surface area contributed by atoms with Crippen LogP contribution in [0.3, 0.4) is 0 Å². The van der Waals surface area contributed by atoms with Crippen LogP contribution in [0.4, 0.5) is 8.78 Å². The monoisotopic (exact) mass is 307 g/mol. The Balaban J connectivity index is 2.98. The average molecular weight is 308 g/mol. The number of hydrogen-bond donors (Lipinski definition) is 0. The number of carbonyl (C=O) groups excluding carboxylic acids is 1. The molecule has 0 aromatic carbocycles. The van der Waals surface area contributed by atoms with Gasteiger partial charge in [0.1, 0.15) is 5.69 Å². The zero-order chi connectivity index (χ0) is 13.0. The van der Waals surface area contributed by atoms with E-state index >= 15 is 0 Å². The van der Waals surface area contributed by atoms with Gasteiger partial charge in [-0.15, -0.1) is 0 Å². The molecule has 1 heterocycles. The first-order valence-electron chi connectivity index (χ1n) is 5.05. The van der Waals surface area contributed by atoms with Gasteiger partial charge in [-0.1, -0.05) is 15.9 Å². The van der Waals surface area contributed by atoms with Crippen LogP contribution in [0.2, 0.25) is 0 Å². The molecule has 1 aromatic heterocycles. The van der Waals surface area contributed by atoms with Crippen molar-refractivity contribution in [2.45, 2.75) is 26.7 Å². The molecular weight excluding hydrogens is 296 g/mol. The van der Waals surface area contributed by atoms with Crippen LogP contribution in [-0.2, 0) is 16.0 Å². The zero-order valence-electron chi connectivity index (χ0n) is 9.47. The molecule has 1 aromatic rings. The second kappa shape index (κ2) is 6.05. The van der Waals surface area contributed by atoms with E-state index < -0.39 is 12.4 Å². The maximum Gasteiger partial charge on any atom is 0.311 e. The SMILES string of the molecule is CCOC(=O)Cc1cc(Br)c(C)c(C(F)F)n1. The molecule has 6 heteroatoms. The van der Waals surface area contributed by atoms with Crippen LogP contribution in [0.5, 0.6) is 0 Å². The van der Waals surface area contributed by atoms with E-state index in [1.54, 1.807) is 19.9 Å². The second-order valence-corrected chi connectivity index (χ2v) is 4.24. The van der Waals surface area contributed by atoms with Gasteiger partial charge in [0.25, 0.3) is 6.43 Å². The van der Waals surface area contributed by atoms with E-state index in [2.05, 4.69) is 20.9 Å². The Kier molecular flexibility index (Phi) is 4.99. The van der Waals surface area contributed by atoms with Crippen LogP contribution in [-0.4, -0.2) is 17.6 Å². The third kappa shape index (κ3) is 3.73. The summed E-state index contributed by atoms with van der Waals surface area (Å²) >= 11 is 3.17. The Labute approximate surface area is 106 Å². The standard InChI is InChI=1S/C11H12BrF2NO2/c1-3-17-9(16)5-7-4-8(12)6(2)10(15-7)11(13)14/h4,11H,3,5H2,1-2H3. The maximum atomic E-state index is 12.7. The normalized spacial score (nSPS) is 10.7. The highest BCUT2D eigenvalue weighted by molar-refractivity contribution is 9.10. The van der Waals surface area contributed by atoms with Gasteiger partial charge in [0.05, 0.1) is 18.7 Å². The van der Waals surface area contributed by atoms with Crippen LogP contribution in [0.25, 0.3) is 0 Å². The van der Waals surface area contributed by atoms with Crippen LogP contribution in [0.1, 0.15) is 30.3 Å². The van der Waals surface area contributed by atoms with Gasteiger partial charge in [0.2, 0.25) is 0 Å². The quantitative estimate of drug-likeness (QED) is 0.802. The van der Waals surface area contributed by atoms with Crippen molar-refractivity contribution >= 4 is 21.9 Å². The molecule has 1 rings (SSSR count). The van der Waals surface area contributed by atoms with Gasteiger partial charge in [-0.2, -0.15) is 0 Å². The molecule has 94 valence electrons. The Hall–Kier alpha value is -1.04. The summed E-state index contributed by atoms with van der Waals surface area (Å²) in [5.41, 5.74) is 0.350. The predicted octanol–water partition coefficient (Wildman–Crippen LogP) is 3.20. The van der Waals surface area contributed by atoms with Crippen molar-refractivity contribution in [3.8, 4) is 0 Å². The molecule has 0 radical (unpaired) electrons. The fraction of sp³-hybridized carbons (Fsp3) is 0.455. The molecule has 0 aliphatic carbocycles. The topological polar surface area (TPSA) is 39.2 Å². The Morgan fingerprint density at radius 3 is 2.76 bits per heavy atom.